The Morgan fingerprint density at radius 3 is 2.21 bits per heavy atom. The van der Waals surface area contributed by atoms with Crippen molar-refractivity contribution in [2.24, 2.45) is 0 Å². The van der Waals surface area contributed by atoms with E-state index in [0.29, 0.717) is 15.8 Å². The molecule has 1 saturated heterocycles. The predicted octanol–water partition coefficient (Wildman–Crippen LogP) is 2.14. The molecule has 0 aliphatic carbocycles. The minimum Gasteiger partial charge on any atom is -0.497 e. The first-order valence-corrected chi connectivity index (χ1v) is 10.6. The molecule has 2 amide bonds. The molecule has 8 nitrogen and oxygen atoms in total. The van der Waals surface area contributed by atoms with Gasteiger partial charge in [0.05, 0.1) is 11.6 Å². The van der Waals surface area contributed by atoms with E-state index < -0.39 is 21.9 Å². The van der Waals surface area contributed by atoms with E-state index in [0.717, 1.165) is 0 Å². The van der Waals surface area contributed by atoms with Gasteiger partial charge in [-0.25, -0.2) is 0 Å². The normalized spacial score (nSPS) is 14.1. The second-order valence-electron chi connectivity index (χ2n) is 5.70. The number of ether oxygens (including phenoxy) is 1. The van der Waals surface area contributed by atoms with E-state index in [1.54, 1.807) is 0 Å². The zero-order valence-electron chi connectivity index (χ0n) is 14.8. The number of halogens is 1. The van der Waals surface area contributed by atoms with E-state index >= 15 is 0 Å². The number of hydrogen-bond acceptors (Lipinski definition) is 7. The van der Waals surface area contributed by atoms with Gasteiger partial charge in [-0.1, -0.05) is 6.07 Å². The van der Waals surface area contributed by atoms with Crippen LogP contribution in [0.15, 0.2) is 57.4 Å². The molecule has 0 bridgehead atoms. The van der Waals surface area contributed by atoms with Crippen LogP contribution >= 0.6 is 28.1 Å². The molecular formula is C18H13BrN2O6S2. The molecule has 0 saturated carbocycles. The number of rotatable bonds is 5. The van der Waals surface area contributed by atoms with E-state index in [4.69, 9.17) is 21.1 Å². The van der Waals surface area contributed by atoms with Crippen molar-refractivity contribution in [2.45, 2.75) is 4.90 Å². The second kappa shape index (κ2) is 8.31. The first-order valence-electron chi connectivity index (χ1n) is 7.96. The van der Waals surface area contributed by atoms with Crippen LogP contribution in [0.4, 0.5) is 0 Å². The van der Waals surface area contributed by atoms with Crippen molar-refractivity contribution in [1.82, 2.24) is 10.6 Å². The predicted molar refractivity (Wildman–Crippen MR) is 112 cm³/mol. The van der Waals surface area contributed by atoms with E-state index in [1.807, 2.05) is 0 Å². The van der Waals surface area contributed by atoms with Crippen LogP contribution in [0.1, 0.15) is 5.56 Å². The molecule has 11 heteroatoms. The van der Waals surface area contributed by atoms with Crippen LogP contribution in [0.5, 0.6) is 11.5 Å². The molecule has 2 N–H and O–H groups in total. The number of benzene rings is 2. The van der Waals surface area contributed by atoms with Gasteiger partial charge < -0.3 is 8.92 Å². The highest BCUT2D eigenvalue weighted by Crippen LogP contribution is 2.30. The Labute approximate surface area is 180 Å². The number of nitrogens with one attached hydrogen (secondary N) is 2. The molecule has 0 aromatic heterocycles. The number of hydrogen-bond donors (Lipinski definition) is 2. The molecule has 29 heavy (non-hydrogen) atoms. The fourth-order valence-corrected chi connectivity index (χ4v) is 4.07. The lowest BCUT2D eigenvalue weighted by molar-refractivity contribution is -0.123. The standard InChI is InChI=1S/C18H13BrN2O6S2/c1-26-11-3-5-12(6-4-11)29(24,25)27-15-7-2-10(9-14(15)19)8-13-16(22)20-18(28)21-17(13)23/h2-9H,1H3,(H2,20,21,22,23,28). The van der Waals surface area contributed by atoms with Crippen LogP contribution in [0.25, 0.3) is 6.08 Å². The summed E-state index contributed by atoms with van der Waals surface area (Å²) in [5, 5.41) is 4.60. The van der Waals surface area contributed by atoms with Crippen molar-refractivity contribution in [1.29, 1.82) is 0 Å². The maximum absolute atomic E-state index is 12.5. The van der Waals surface area contributed by atoms with Gasteiger partial charge in [0.2, 0.25) is 0 Å². The van der Waals surface area contributed by atoms with Crippen molar-refractivity contribution in [3.8, 4) is 11.5 Å². The molecule has 2 aromatic rings. The third-order valence-electron chi connectivity index (χ3n) is 3.76. The molecule has 2 aromatic carbocycles. The highest BCUT2D eigenvalue weighted by molar-refractivity contribution is 9.10. The largest absolute Gasteiger partial charge is 0.497 e. The van der Waals surface area contributed by atoms with Crippen LogP contribution in [-0.2, 0) is 19.7 Å². The van der Waals surface area contributed by atoms with Gasteiger partial charge in [-0.15, -0.1) is 0 Å². The summed E-state index contributed by atoms with van der Waals surface area (Å²) in [7, 11) is -2.59. The summed E-state index contributed by atoms with van der Waals surface area (Å²) in [6, 6.07) is 10.2. The third kappa shape index (κ3) is 4.81. The topological polar surface area (TPSA) is 111 Å². The van der Waals surface area contributed by atoms with Crippen molar-refractivity contribution in [3.05, 3.63) is 58.1 Å². The highest BCUT2D eigenvalue weighted by atomic mass is 79.9. The second-order valence-corrected chi connectivity index (χ2v) is 8.51. The molecule has 1 fully saturated rings. The molecule has 3 rings (SSSR count). The molecule has 1 heterocycles. The van der Waals surface area contributed by atoms with Crippen molar-refractivity contribution < 1.29 is 26.9 Å². The number of methoxy groups -OCH3 is 1. The monoisotopic (exact) mass is 496 g/mol. The van der Waals surface area contributed by atoms with Gasteiger partial charge in [0.1, 0.15) is 16.2 Å². The Kier molecular flexibility index (Phi) is 6.01. The molecule has 0 unspecified atom stereocenters. The zero-order chi connectivity index (χ0) is 21.2. The Morgan fingerprint density at radius 1 is 1.03 bits per heavy atom. The van der Waals surface area contributed by atoms with Gasteiger partial charge >= 0.3 is 10.1 Å². The Morgan fingerprint density at radius 2 is 1.66 bits per heavy atom. The quantitative estimate of drug-likeness (QED) is 0.282. The molecule has 1 aliphatic heterocycles. The van der Waals surface area contributed by atoms with Gasteiger partial charge in [0.25, 0.3) is 11.8 Å². The summed E-state index contributed by atoms with van der Waals surface area (Å²) in [5.74, 6) is -0.699. The molecular weight excluding hydrogens is 484 g/mol. The summed E-state index contributed by atoms with van der Waals surface area (Å²) in [6.45, 7) is 0. The third-order valence-corrected chi connectivity index (χ3v) is 5.83. The summed E-state index contributed by atoms with van der Waals surface area (Å²) in [6.07, 6.45) is 1.35. The van der Waals surface area contributed by atoms with E-state index in [1.165, 1.54) is 55.7 Å². The van der Waals surface area contributed by atoms with Gasteiger partial charge in [0.15, 0.2) is 10.9 Å². The maximum atomic E-state index is 12.5. The minimum atomic E-state index is -4.07. The average Bonchev–Trinajstić information content (AvgIpc) is 2.66. The van der Waals surface area contributed by atoms with Crippen LogP contribution < -0.4 is 19.6 Å². The van der Waals surface area contributed by atoms with Crippen molar-refractivity contribution in [2.75, 3.05) is 7.11 Å². The number of carbonyl (C=O) groups excluding carboxylic acids is 2. The average molecular weight is 497 g/mol. The summed E-state index contributed by atoms with van der Waals surface area (Å²) in [5.41, 5.74) is 0.337. The SMILES string of the molecule is COc1ccc(S(=O)(=O)Oc2ccc(C=C3C(=O)NC(=S)NC3=O)cc2Br)cc1. The Balaban J connectivity index is 1.84. The summed E-state index contributed by atoms with van der Waals surface area (Å²) in [4.78, 5) is 23.8. The van der Waals surface area contributed by atoms with Gasteiger partial charge in [-0.3, -0.25) is 20.2 Å². The Bertz CT molecular complexity index is 1120. The molecule has 1 aliphatic rings. The summed E-state index contributed by atoms with van der Waals surface area (Å²) < 4.78 is 35.4. The van der Waals surface area contributed by atoms with E-state index in [9.17, 15) is 18.0 Å². The van der Waals surface area contributed by atoms with Gasteiger partial charge in [-0.05, 0) is 76.2 Å². The van der Waals surface area contributed by atoms with Crippen molar-refractivity contribution >= 4 is 61.3 Å². The van der Waals surface area contributed by atoms with Crippen LogP contribution in [0, 0.1) is 0 Å². The molecule has 0 atom stereocenters. The molecule has 150 valence electrons. The number of amides is 2. The van der Waals surface area contributed by atoms with E-state index in [2.05, 4.69) is 26.6 Å². The van der Waals surface area contributed by atoms with E-state index in [-0.39, 0.29) is 21.3 Å². The first-order chi connectivity index (χ1) is 13.7. The zero-order valence-corrected chi connectivity index (χ0v) is 18.0. The number of carbonyl (C=O) groups is 2. The number of thiocarbonyl (C=S) groups is 1. The fourth-order valence-electron chi connectivity index (χ4n) is 2.36. The Hall–Kier alpha value is -2.76. The van der Waals surface area contributed by atoms with Crippen LogP contribution in [0.3, 0.4) is 0 Å². The molecule has 0 spiro atoms. The smallest absolute Gasteiger partial charge is 0.339 e. The lowest BCUT2D eigenvalue weighted by Gasteiger charge is -2.16. The highest BCUT2D eigenvalue weighted by Gasteiger charge is 2.26. The minimum absolute atomic E-state index is 0.0390. The molecule has 0 radical (unpaired) electrons. The lowest BCUT2D eigenvalue weighted by atomic mass is 10.1. The van der Waals surface area contributed by atoms with Crippen LogP contribution in [-0.4, -0.2) is 32.5 Å². The lowest BCUT2D eigenvalue weighted by Crippen LogP contribution is -2.51. The van der Waals surface area contributed by atoms with Crippen molar-refractivity contribution in [3.63, 3.8) is 0 Å². The first kappa shape index (κ1) is 21.0. The van der Waals surface area contributed by atoms with Crippen LogP contribution in [0.2, 0.25) is 0 Å². The maximum Gasteiger partial charge on any atom is 0.339 e. The fraction of sp³-hybridized carbons (Fsp3) is 0.0556. The van der Waals surface area contributed by atoms with Gasteiger partial charge in [-0.2, -0.15) is 8.42 Å². The van der Waals surface area contributed by atoms with Gasteiger partial charge in [0, 0.05) is 0 Å². The summed E-state index contributed by atoms with van der Waals surface area (Å²) >= 11 is 7.98.